The maximum atomic E-state index is 13.2. The smallest absolute Gasteiger partial charge is 0.125 e. The van der Waals surface area contributed by atoms with Gasteiger partial charge in [-0.1, -0.05) is 24.3 Å². The van der Waals surface area contributed by atoms with E-state index in [9.17, 15) is 4.39 Å². The molecule has 1 heterocycles. The monoisotopic (exact) mass is 273 g/mol. The number of hydrogen-bond acceptors (Lipinski definition) is 2. The van der Waals surface area contributed by atoms with E-state index in [0.717, 1.165) is 24.2 Å². The lowest BCUT2D eigenvalue weighted by Crippen LogP contribution is -2.16. The summed E-state index contributed by atoms with van der Waals surface area (Å²) in [5, 5.41) is 3.90. The molecule has 3 heteroatoms. The summed E-state index contributed by atoms with van der Waals surface area (Å²) in [7, 11) is 0. The molecule has 1 nitrogen and oxygen atoms in total. The molecule has 19 heavy (non-hydrogen) atoms. The minimum atomic E-state index is -0.185. The lowest BCUT2D eigenvalue weighted by molar-refractivity contribution is 0.627. The van der Waals surface area contributed by atoms with Gasteiger partial charge in [-0.15, -0.1) is 11.8 Å². The van der Waals surface area contributed by atoms with Crippen LogP contribution in [0.5, 0.6) is 0 Å². The van der Waals surface area contributed by atoms with E-state index in [1.807, 2.05) is 24.8 Å². The predicted molar refractivity (Wildman–Crippen MR) is 79.4 cm³/mol. The molecule has 1 N–H and O–H groups in total. The molecule has 98 valence electrons. The Balaban J connectivity index is 1.64. The van der Waals surface area contributed by atoms with Gasteiger partial charge in [0.15, 0.2) is 0 Å². The van der Waals surface area contributed by atoms with Crippen molar-refractivity contribution >= 4 is 17.4 Å². The third-order valence-electron chi connectivity index (χ3n) is 3.43. The van der Waals surface area contributed by atoms with E-state index in [4.69, 9.17) is 0 Å². The number of aryl methyl sites for hydroxylation is 1. The first-order chi connectivity index (χ1) is 9.22. The largest absolute Gasteiger partial charge is 0.384 e. The molecular weight excluding hydrogens is 257 g/mol. The van der Waals surface area contributed by atoms with Crippen molar-refractivity contribution in [2.24, 2.45) is 0 Å². The number of rotatable bonds is 3. The molecule has 0 radical (unpaired) electrons. The molecule has 0 aliphatic carbocycles. The van der Waals surface area contributed by atoms with Crippen LogP contribution in [0.2, 0.25) is 0 Å². The van der Waals surface area contributed by atoms with Crippen molar-refractivity contribution in [3.05, 3.63) is 59.4 Å². The SMILES string of the molecule is Cc1ccc(F)cc1NCC1Cc2ccccc2S1. The Morgan fingerprint density at radius 2 is 2.11 bits per heavy atom. The second-order valence-electron chi connectivity index (χ2n) is 4.89. The highest BCUT2D eigenvalue weighted by Gasteiger charge is 2.21. The fourth-order valence-corrected chi connectivity index (χ4v) is 3.62. The number of anilines is 1. The van der Waals surface area contributed by atoms with E-state index in [-0.39, 0.29) is 5.82 Å². The Morgan fingerprint density at radius 3 is 2.95 bits per heavy atom. The Bertz CT molecular complexity index is 572. The van der Waals surface area contributed by atoms with Gasteiger partial charge >= 0.3 is 0 Å². The first kappa shape index (κ1) is 12.5. The van der Waals surface area contributed by atoms with Gasteiger partial charge in [0.05, 0.1) is 0 Å². The highest BCUT2D eigenvalue weighted by atomic mass is 32.2. The van der Waals surface area contributed by atoms with Gasteiger partial charge in [0.2, 0.25) is 0 Å². The van der Waals surface area contributed by atoms with Crippen molar-refractivity contribution in [1.29, 1.82) is 0 Å². The van der Waals surface area contributed by atoms with Crippen molar-refractivity contribution < 1.29 is 4.39 Å². The summed E-state index contributed by atoms with van der Waals surface area (Å²) in [4.78, 5) is 1.38. The minimum Gasteiger partial charge on any atom is -0.384 e. The zero-order valence-corrected chi connectivity index (χ0v) is 11.6. The third kappa shape index (κ3) is 2.76. The molecule has 0 amide bonds. The van der Waals surface area contributed by atoms with Crippen LogP contribution in [0.3, 0.4) is 0 Å². The fraction of sp³-hybridized carbons (Fsp3) is 0.250. The van der Waals surface area contributed by atoms with E-state index >= 15 is 0 Å². The number of thioether (sulfide) groups is 1. The highest BCUT2D eigenvalue weighted by Crippen LogP contribution is 2.36. The average Bonchev–Trinajstić information content (AvgIpc) is 2.82. The molecule has 0 bridgehead atoms. The summed E-state index contributed by atoms with van der Waals surface area (Å²) in [5.74, 6) is -0.185. The lowest BCUT2D eigenvalue weighted by Gasteiger charge is -2.13. The van der Waals surface area contributed by atoms with E-state index < -0.39 is 0 Å². The maximum Gasteiger partial charge on any atom is 0.125 e. The first-order valence-corrected chi connectivity index (χ1v) is 7.35. The Labute approximate surface area is 117 Å². The van der Waals surface area contributed by atoms with Crippen LogP contribution >= 0.6 is 11.8 Å². The van der Waals surface area contributed by atoms with Gasteiger partial charge in [-0.3, -0.25) is 0 Å². The molecule has 1 unspecified atom stereocenters. The molecule has 0 saturated heterocycles. The topological polar surface area (TPSA) is 12.0 Å². The summed E-state index contributed by atoms with van der Waals surface area (Å²) >= 11 is 1.91. The standard InChI is InChI=1S/C16H16FNS/c1-11-6-7-13(17)9-15(11)18-10-14-8-12-4-2-3-5-16(12)19-14/h2-7,9,14,18H,8,10H2,1H3. The van der Waals surface area contributed by atoms with Crippen LogP contribution in [-0.4, -0.2) is 11.8 Å². The molecule has 1 aliphatic rings. The van der Waals surface area contributed by atoms with Crippen LogP contribution in [-0.2, 0) is 6.42 Å². The summed E-state index contributed by atoms with van der Waals surface area (Å²) in [6.07, 6.45) is 1.09. The molecule has 0 aromatic heterocycles. The van der Waals surface area contributed by atoms with Gasteiger partial charge in [-0.25, -0.2) is 4.39 Å². The lowest BCUT2D eigenvalue weighted by atomic mass is 10.1. The Morgan fingerprint density at radius 1 is 1.26 bits per heavy atom. The third-order valence-corrected chi connectivity index (χ3v) is 4.75. The molecule has 0 fully saturated rings. The van der Waals surface area contributed by atoms with E-state index in [1.165, 1.54) is 16.5 Å². The van der Waals surface area contributed by atoms with Gasteiger partial charge in [-0.2, -0.15) is 0 Å². The average molecular weight is 273 g/mol. The molecule has 0 saturated carbocycles. The predicted octanol–water partition coefficient (Wildman–Crippen LogP) is 4.26. The molecule has 2 aromatic rings. The van der Waals surface area contributed by atoms with E-state index in [0.29, 0.717) is 5.25 Å². The van der Waals surface area contributed by atoms with E-state index in [2.05, 4.69) is 29.6 Å². The summed E-state index contributed by atoms with van der Waals surface area (Å²) < 4.78 is 13.2. The molecule has 1 aliphatic heterocycles. The second kappa shape index (κ2) is 5.25. The molecule has 3 rings (SSSR count). The van der Waals surface area contributed by atoms with Crippen LogP contribution in [0, 0.1) is 12.7 Å². The maximum absolute atomic E-state index is 13.2. The fourth-order valence-electron chi connectivity index (χ4n) is 2.38. The van der Waals surface area contributed by atoms with Gasteiger partial charge in [-0.05, 0) is 42.7 Å². The normalized spacial score (nSPS) is 17.3. The first-order valence-electron chi connectivity index (χ1n) is 6.47. The van der Waals surface area contributed by atoms with Gasteiger partial charge in [0, 0.05) is 22.4 Å². The van der Waals surface area contributed by atoms with Crippen molar-refractivity contribution in [2.45, 2.75) is 23.5 Å². The van der Waals surface area contributed by atoms with Crippen LogP contribution in [0.15, 0.2) is 47.4 Å². The molecule has 1 atom stereocenters. The van der Waals surface area contributed by atoms with E-state index in [1.54, 1.807) is 6.07 Å². The van der Waals surface area contributed by atoms with Crippen molar-refractivity contribution in [1.82, 2.24) is 0 Å². The number of fused-ring (bicyclic) bond motifs is 1. The van der Waals surface area contributed by atoms with Crippen molar-refractivity contribution in [3.8, 4) is 0 Å². The van der Waals surface area contributed by atoms with Gasteiger partial charge in [0.25, 0.3) is 0 Å². The van der Waals surface area contributed by atoms with Gasteiger partial charge in [0.1, 0.15) is 5.82 Å². The molecular formula is C16H16FNS. The number of hydrogen-bond donors (Lipinski definition) is 1. The Hall–Kier alpha value is -1.48. The minimum absolute atomic E-state index is 0.185. The summed E-state index contributed by atoms with van der Waals surface area (Å²) in [6, 6.07) is 13.4. The Kier molecular flexibility index (Phi) is 3.47. The van der Waals surface area contributed by atoms with Crippen LogP contribution in [0.1, 0.15) is 11.1 Å². The zero-order valence-electron chi connectivity index (χ0n) is 10.8. The van der Waals surface area contributed by atoms with Gasteiger partial charge < -0.3 is 5.32 Å². The van der Waals surface area contributed by atoms with Crippen LogP contribution in [0.4, 0.5) is 10.1 Å². The van der Waals surface area contributed by atoms with Crippen molar-refractivity contribution in [3.63, 3.8) is 0 Å². The molecule has 0 spiro atoms. The second-order valence-corrected chi connectivity index (χ2v) is 6.23. The summed E-state index contributed by atoms with van der Waals surface area (Å²) in [6.45, 7) is 2.86. The number of nitrogens with one attached hydrogen (secondary N) is 1. The van der Waals surface area contributed by atoms with Crippen LogP contribution in [0.25, 0.3) is 0 Å². The zero-order chi connectivity index (χ0) is 13.2. The van der Waals surface area contributed by atoms with Crippen LogP contribution < -0.4 is 5.32 Å². The number of benzene rings is 2. The molecule has 2 aromatic carbocycles. The summed E-state index contributed by atoms with van der Waals surface area (Å²) in [5.41, 5.74) is 3.41. The van der Waals surface area contributed by atoms with Crippen molar-refractivity contribution in [2.75, 3.05) is 11.9 Å². The number of halogens is 1. The highest BCUT2D eigenvalue weighted by molar-refractivity contribution is 8.00. The quantitative estimate of drug-likeness (QED) is 0.896.